The van der Waals surface area contributed by atoms with Crippen LogP contribution in [0.15, 0.2) is 41.8 Å². The summed E-state index contributed by atoms with van der Waals surface area (Å²) >= 11 is 1.70. The van der Waals surface area contributed by atoms with Crippen molar-refractivity contribution in [2.75, 3.05) is 32.8 Å². The average Bonchev–Trinajstić information content (AvgIpc) is 3.17. The van der Waals surface area contributed by atoms with Crippen molar-refractivity contribution in [3.05, 3.63) is 57.8 Å². The molecule has 124 valence electrons. The van der Waals surface area contributed by atoms with Crippen LogP contribution in [0.1, 0.15) is 26.8 Å². The molecule has 1 aliphatic heterocycles. The van der Waals surface area contributed by atoms with E-state index in [1.54, 1.807) is 35.6 Å². The Morgan fingerprint density at radius 1 is 1.33 bits per heavy atom. The van der Waals surface area contributed by atoms with E-state index >= 15 is 0 Å². The molecule has 3 rings (SSSR count). The van der Waals surface area contributed by atoms with Crippen LogP contribution < -0.4 is 5.32 Å². The smallest absolute Gasteiger partial charge is 0.251 e. The molecular weight excluding hydrogens is 322 g/mol. The van der Waals surface area contributed by atoms with Crippen LogP contribution in [-0.2, 0) is 4.74 Å². The number of amides is 1. The first kappa shape index (κ1) is 16.7. The van der Waals surface area contributed by atoms with Gasteiger partial charge in [-0.05, 0) is 29.6 Å². The van der Waals surface area contributed by atoms with Crippen LogP contribution in [0.2, 0.25) is 0 Å². The number of hydrogen-bond acceptors (Lipinski definition) is 5. The molecule has 0 unspecified atom stereocenters. The van der Waals surface area contributed by atoms with Crippen molar-refractivity contribution in [2.45, 2.75) is 6.04 Å². The zero-order valence-electron chi connectivity index (χ0n) is 13.3. The third-order valence-corrected chi connectivity index (χ3v) is 5.04. The van der Waals surface area contributed by atoms with Gasteiger partial charge in [0, 0.05) is 30.1 Å². The molecule has 1 N–H and O–H groups in total. The number of ether oxygens (including phenoxy) is 1. The molecule has 1 atom stereocenters. The largest absolute Gasteiger partial charge is 0.379 e. The number of carbonyl (C=O) groups excluding carboxylic acids is 1. The Morgan fingerprint density at radius 2 is 2.17 bits per heavy atom. The van der Waals surface area contributed by atoms with Crippen molar-refractivity contribution in [1.29, 1.82) is 5.26 Å². The summed E-state index contributed by atoms with van der Waals surface area (Å²) in [4.78, 5) is 16.0. The van der Waals surface area contributed by atoms with E-state index < -0.39 is 0 Å². The Morgan fingerprint density at radius 3 is 2.88 bits per heavy atom. The van der Waals surface area contributed by atoms with Crippen LogP contribution in [0.4, 0.5) is 0 Å². The third-order valence-electron chi connectivity index (χ3n) is 4.07. The summed E-state index contributed by atoms with van der Waals surface area (Å²) in [5.74, 6) is -0.151. The van der Waals surface area contributed by atoms with E-state index in [1.807, 2.05) is 6.07 Å². The summed E-state index contributed by atoms with van der Waals surface area (Å²) in [7, 11) is 0. The molecule has 1 saturated heterocycles. The minimum Gasteiger partial charge on any atom is -0.379 e. The number of rotatable bonds is 5. The summed E-state index contributed by atoms with van der Waals surface area (Å²) in [5, 5.41) is 14.0. The fourth-order valence-electron chi connectivity index (χ4n) is 2.80. The van der Waals surface area contributed by atoms with Gasteiger partial charge >= 0.3 is 0 Å². The van der Waals surface area contributed by atoms with Crippen LogP contribution in [0.3, 0.4) is 0 Å². The van der Waals surface area contributed by atoms with Gasteiger partial charge in [-0.25, -0.2) is 0 Å². The maximum absolute atomic E-state index is 12.4. The topological polar surface area (TPSA) is 65.4 Å². The standard InChI is InChI=1S/C18H19N3O2S/c19-12-14-3-1-4-15(11-14)18(22)20-13-16(17-5-2-10-24-17)21-6-8-23-9-7-21/h1-5,10-11,16H,6-9,13H2,(H,20,22)/t16-/m1/s1. The lowest BCUT2D eigenvalue weighted by Crippen LogP contribution is -2.43. The van der Waals surface area contributed by atoms with E-state index in [4.69, 9.17) is 10.00 Å². The van der Waals surface area contributed by atoms with Crippen LogP contribution in [0.5, 0.6) is 0 Å². The van der Waals surface area contributed by atoms with Gasteiger partial charge in [0.25, 0.3) is 5.91 Å². The number of benzene rings is 1. The predicted octanol–water partition coefficient (Wildman–Crippen LogP) is 2.42. The first-order valence-electron chi connectivity index (χ1n) is 7.91. The summed E-state index contributed by atoms with van der Waals surface area (Å²) in [5.41, 5.74) is 1.01. The minimum atomic E-state index is -0.151. The van der Waals surface area contributed by atoms with Crippen molar-refractivity contribution in [2.24, 2.45) is 0 Å². The number of nitriles is 1. The van der Waals surface area contributed by atoms with Crippen molar-refractivity contribution >= 4 is 17.2 Å². The average molecular weight is 341 g/mol. The van der Waals surface area contributed by atoms with E-state index in [9.17, 15) is 4.79 Å². The van der Waals surface area contributed by atoms with E-state index in [0.717, 1.165) is 26.3 Å². The van der Waals surface area contributed by atoms with Gasteiger partial charge < -0.3 is 10.1 Å². The van der Waals surface area contributed by atoms with E-state index in [0.29, 0.717) is 17.7 Å². The molecular formula is C18H19N3O2S. The van der Waals surface area contributed by atoms with Crippen LogP contribution >= 0.6 is 11.3 Å². The Bertz CT molecular complexity index is 718. The highest BCUT2D eigenvalue weighted by Crippen LogP contribution is 2.25. The summed E-state index contributed by atoms with van der Waals surface area (Å²) in [6, 6.07) is 13.1. The molecule has 0 aliphatic carbocycles. The van der Waals surface area contributed by atoms with Gasteiger partial charge in [-0.1, -0.05) is 12.1 Å². The summed E-state index contributed by atoms with van der Waals surface area (Å²) in [6.45, 7) is 3.71. The van der Waals surface area contributed by atoms with Gasteiger partial charge in [0.1, 0.15) is 0 Å². The van der Waals surface area contributed by atoms with Crippen LogP contribution in [0.25, 0.3) is 0 Å². The maximum atomic E-state index is 12.4. The number of nitrogens with one attached hydrogen (secondary N) is 1. The van der Waals surface area contributed by atoms with Gasteiger partial charge in [0.2, 0.25) is 0 Å². The van der Waals surface area contributed by atoms with Gasteiger partial charge in [-0.15, -0.1) is 11.3 Å². The number of morpholine rings is 1. The van der Waals surface area contributed by atoms with Gasteiger partial charge in [-0.3, -0.25) is 9.69 Å². The lowest BCUT2D eigenvalue weighted by Gasteiger charge is -2.34. The number of thiophene rings is 1. The van der Waals surface area contributed by atoms with Gasteiger partial charge in [-0.2, -0.15) is 5.26 Å². The van der Waals surface area contributed by atoms with E-state index in [1.165, 1.54) is 4.88 Å². The van der Waals surface area contributed by atoms with Gasteiger partial charge in [0.05, 0.1) is 30.9 Å². The Balaban J connectivity index is 1.68. The Labute approximate surface area is 145 Å². The highest BCUT2D eigenvalue weighted by Gasteiger charge is 2.24. The van der Waals surface area contributed by atoms with Crippen LogP contribution in [0, 0.1) is 11.3 Å². The van der Waals surface area contributed by atoms with Crippen molar-refractivity contribution in [3.8, 4) is 6.07 Å². The highest BCUT2D eigenvalue weighted by atomic mass is 32.1. The number of nitrogens with zero attached hydrogens (tertiary/aromatic N) is 2. The molecule has 1 aliphatic rings. The fraction of sp³-hybridized carbons (Fsp3) is 0.333. The molecule has 1 fully saturated rings. The zero-order valence-corrected chi connectivity index (χ0v) is 14.1. The second-order valence-corrected chi connectivity index (χ2v) is 6.56. The third kappa shape index (κ3) is 4.01. The van der Waals surface area contributed by atoms with Gasteiger partial charge in [0.15, 0.2) is 0 Å². The minimum absolute atomic E-state index is 0.150. The Kier molecular flexibility index (Phi) is 5.59. The quantitative estimate of drug-likeness (QED) is 0.907. The first-order chi connectivity index (χ1) is 11.8. The van der Waals surface area contributed by atoms with Crippen LogP contribution in [-0.4, -0.2) is 43.7 Å². The lowest BCUT2D eigenvalue weighted by molar-refractivity contribution is 0.0169. The normalized spacial score (nSPS) is 16.3. The number of hydrogen-bond donors (Lipinski definition) is 1. The molecule has 5 nitrogen and oxygen atoms in total. The predicted molar refractivity (Wildman–Crippen MR) is 92.9 cm³/mol. The molecule has 24 heavy (non-hydrogen) atoms. The SMILES string of the molecule is N#Cc1cccc(C(=O)NC[C@H](c2cccs2)N2CCOCC2)c1. The molecule has 1 aromatic carbocycles. The first-order valence-corrected chi connectivity index (χ1v) is 8.79. The second-order valence-electron chi connectivity index (χ2n) is 5.58. The molecule has 6 heteroatoms. The second kappa shape index (κ2) is 8.06. The summed E-state index contributed by atoms with van der Waals surface area (Å²) in [6.07, 6.45) is 0. The van der Waals surface area contributed by atoms with Crippen molar-refractivity contribution in [3.63, 3.8) is 0 Å². The monoisotopic (exact) mass is 341 g/mol. The molecule has 0 spiro atoms. The molecule has 0 saturated carbocycles. The van der Waals surface area contributed by atoms with E-state index in [2.05, 4.69) is 27.7 Å². The molecule has 0 bridgehead atoms. The lowest BCUT2D eigenvalue weighted by atomic mass is 10.1. The maximum Gasteiger partial charge on any atom is 0.251 e. The van der Waals surface area contributed by atoms with Crippen molar-refractivity contribution < 1.29 is 9.53 Å². The molecule has 0 radical (unpaired) electrons. The molecule has 2 heterocycles. The zero-order chi connectivity index (χ0) is 16.8. The van der Waals surface area contributed by atoms with E-state index in [-0.39, 0.29) is 11.9 Å². The molecule has 1 aromatic heterocycles. The Hall–Kier alpha value is -2.20. The molecule has 1 amide bonds. The van der Waals surface area contributed by atoms with Crippen molar-refractivity contribution in [1.82, 2.24) is 10.2 Å². The molecule has 2 aromatic rings. The highest BCUT2D eigenvalue weighted by molar-refractivity contribution is 7.10. The fourth-order valence-corrected chi connectivity index (χ4v) is 3.66. The number of carbonyl (C=O) groups is 1. The summed E-state index contributed by atoms with van der Waals surface area (Å²) < 4.78 is 5.43.